The van der Waals surface area contributed by atoms with Crippen LogP contribution < -0.4 is 5.56 Å². The first kappa shape index (κ1) is 19.5. The lowest BCUT2D eigenvalue weighted by molar-refractivity contribution is -0.163. The number of fused-ring (bicyclic) bond motifs is 4. The lowest BCUT2D eigenvalue weighted by Gasteiger charge is -2.42. The van der Waals surface area contributed by atoms with Crippen LogP contribution in [0.2, 0.25) is 0 Å². The van der Waals surface area contributed by atoms with Crippen LogP contribution in [0, 0.1) is 17.8 Å². The van der Waals surface area contributed by atoms with E-state index < -0.39 is 23.0 Å². The van der Waals surface area contributed by atoms with Crippen molar-refractivity contribution in [1.29, 1.82) is 0 Å². The number of piperazine rings is 1. The summed E-state index contributed by atoms with van der Waals surface area (Å²) >= 11 is 0. The normalized spacial score (nSPS) is 32.2. The monoisotopic (exact) mass is 417 g/mol. The molecule has 4 bridgehead atoms. The average molecular weight is 417 g/mol. The summed E-state index contributed by atoms with van der Waals surface area (Å²) in [4.78, 5) is 40.4. The van der Waals surface area contributed by atoms with Crippen LogP contribution in [0.1, 0.15) is 31.2 Å². The molecule has 2 saturated heterocycles. The molecular weight excluding hydrogens is 392 g/mol. The molecule has 0 N–H and O–H groups in total. The zero-order chi connectivity index (χ0) is 21.2. The second-order valence-corrected chi connectivity index (χ2v) is 9.16. The quantitative estimate of drug-likeness (QED) is 0.706. The Morgan fingerprint density at radius 1 is 1.03 bits per heavy atom. The van der Waals surface area contributed by atoms with Crippen molar-refractivity contribution >= 4 is 11.8 Å². The van der Waals surface area contributed by atoms with Crippen molar-refractivity contribution in [3.05, 3.63) is 46.4 Å². The minimum Gasteiger partial charge on any atom is -0.336 e. The summed E-state index contributed by atoms with van der Waals surface area (Å²) < 4.78 is 30.8. The third-order valence-electron chi connectivity index (χ3n) is 7.39. The lowest BCUT2D eigenvalue weighted by atomic mass is 9.68. The number of likely N-dealkylation sites (tertiary alicyclic amines) is 2. The Morgan fingerprint density at radius 3 is 2.33 bits per heavy atom. The van der Waals surface area contributed by atoms with E-state index in [2.05, 4.69) is 12.2 Å². The first-order valence-electron chi connectivity index (χ1n) is 10.6. The van der Waals surface area contributed by atoms with Gasteiger partial charge in [-0.05, 0) is 43.6 Å². The second kappa shape index (κ2) is 6.75. The first-order valence-corrected chi connectivity index (χ1v) is 10.6. The Hall–Kier alpha value is -2.51. The molecule has 30 heavy (non-hydrogen) atoms. The van der Waals surface area contributed by atoms with Crippen molar-refractivity contribution in [2.24, 2.45) is 24.8 Å². The summed E-state index contributed by atoms with van der Waals surface area (Å²) in [6.45, 7) is 0.476. The molecule has 8 heteroatoms. The molecule has 2 aliphatic heterocycles. The molecule has 1 aromatic heterocycles. The van der Waals surface area contributed by atoms with Gasteiger partial charge in [0.1, 0.15) is 0 Å². The van der Waals surface area contributed by atoms with E-state index in [9.17, 15) is 23.2 Å². The van der Waals surface area contributed by atoms with Gasteiger partial charge in [0, 0.05) is 43.9 Å². The van der Waals surface area contributed by atoms with Gasteiger partial charge in [-0.1, -0.05) is 12.2 Å². The number of hydrogen-bond donors (Lipinski definition) is 0. The van der Waals surface area contributed by atoms with Gasteiger partial charge in [-0.15, -0.1) is 0 Å². The Kier molecular flexibility index (Phi) is 4.38. The predicted octanol–water partition coefficient (Wildman–Crippen LogP) is 1.89. The molecule has 1 saturated carbocycles. The molecular formula is C22H25F2N3O3. The number of amides is 2. The van der Waals surface area contributed by atoms with Gasteiger partial charge in [-0.2, -0.15) is 8.78 Å². The van der Waals surface area contributed by atoms with Crippen molar-refractivity contribution < 1.29 is 18.4 Å². The SMILES string of the molecule is Cn1cc(C(F)(F)C(=O)N2C[C@@H]3C[C@H]2CN3C(=O)[C@@H]2C[C@@H]3C=C[C@H]2CC3)ccc1=O. The smallest absolute Gasteiger partial charge is 0.336 e. The summed E-state index contributed by atoms with van der Waals surface area (Å²) in [5.74, 6) is -4.09. The highest BCUT2D eigenvalue weighted by atomic mass is 19.3. The van der Waals surface area contributed by atoms with Gasteiger partial charge in [-0.3, -0.25) is 14.4 Å². The highest BCUT2D eigenvalue weighted by molar-refractivity contribution is 5.86. The second-order valence-electron chi connectivity index (χ2n) is 9.16. The van der Waals surface area contributed by atoms with E-state index in [1.54, 1.807) is 0 Å². The van der Waals surface area contributed by atoms with E-state index in [1.807, 2.05) is 4.90 Å². The Balaban J connectivity index is 1.29. The Morgan fingerprint density at radius 2 is 1.77 bits per heavy atom. The van der Waals surface area contributed by atoms with Crippen molar-refractivity contribution in [3.8, 4) is 0 Å². The average Bonchev–Trinajstić information content (AvgIpc) is 3.36. The van der Waals surface area contributed by atoms with Gasteiger partial charge in [0.25, 0.3) is 5.91 Å². The van der Waals surface area contributed by atoms with Crippen LogP contribution in [-0.4, -0.2) is 51.4 Å². The highest BCUT2D eigenvalue weighted by Gasteiger charge is 2.54. The predicted molar refractivity (Wildman–Crippen MR) is 105 cm³/mol. The summed E-state index contributed by atoms with van der Waals surface area (Å²) in [5.41, 5.74) is -0.905. The minimum atomic E-state index is -3.71. The molecule has 5 atom stereocenters. The van der Waals surface area contributed by atoms with E-state index in [0.29, 0.717) is 18.9 Å². The van der Waals surface area contributed by atoms with Gasteiger partial charge in [0.15, 0.2) is 0 Å². The largest absolute Gasteiger partial charge is 0.351 e. The minimum absolute atomic E-state index is 0.00991. The van der Waals surface area contributed by atoms with Crippen molar-refractivity contribution in [3.63, 3.8) is 0 Å². The molecule has 0 spiro atoms. The van der Waals surface area contributed by atoms with Crippen molar-refractivity contribution in [2.45, 2.75) is 43.7 Å². The van der Waals surface area contributed by atoms with Crippen LogP contribution in [0.15, 0.2) is 35.3 Å². The van der Waals surface area contributed by atoms with E-state index in [4.69, 9.17) is 0 Å². The number of aryl methyl sites for hydroxylation is 1. The maximum atomic E-state index is 14.9. The fourth-order valence-electron chi connectivity index (χ4n) is 5.70. The van der Waals surface area contributed by atoms with Crippen molar-refractivity contribution in [1.82, 2.24) is 14.4 Å². The molecule has 0 aromatic carbocycles. The van der Waals surface area contributed by atoms with Gasteiger partial charge in [-0.25, -0.2) is 0 Å². The lowest BCUT2D eigenvalue weighted by Crippen LogP contribution is -2.55. The third kappa shape index (κ3) is 2.91. The number of halogens is 2. The Labute approximate surface area is 173 Å². The van der Waals surface area contributed by atoms with Crippen molar-refractivity contribution in [2.75, 3.05) is 13.1 Å². The molecule has 2 amide bonds. The molecule has 6 nitrogen and oxygen atoms in total. The van der Waals surface area contributed by atoms with Crippen LogP contribution in [0.25, 0.3) is 0 Å². The molecule has 0 unspecified atom stereocenters. The number of nitrogens with zero attached hydrogens (tertiary/aromatic N) is 3. The molecule has 3 heterocycles. The maximum Gasteiger partial charge on any atom is 0.351 e. The number of alkyl halides is 2. The standard InChI is InChI=1S/C22H25F2N3O3/c1-25-10-15(6-7-19(25)28)22(23,24)21(30)27-12-16-9-17(27)11-26(16)20(29)18-8-13-2-4-14(18)5-3-13/h2,4,6-7,10,13-14,16-18H,3,5,8-9,11-12H2,1H3/t13-,14+,16+,17+,18-/m1/s1. The summed E-state index contributed by atoms with van der Waals surface area (Å²) in [6, 6.07) is 1.49. The van der Waals surface area contributed by atoms with E-state index >= 15 is 0 Å². The van der Waals surface area contributed by atoms with Crippen LogP contribution >= 0.6 is 0 Å². The van der Waals surface area contributed by atoms with Gasteiger partial charge in [0.2, 0.25) is 11.5 Å². The number of pyridine rings is 1. The van der Waals surface area contributed by atoms with Crippen LogP contribution in [0.5, 0.6) is 0 Å². The number of hydrogen-bond acceptors (Lipinski definition) is 3. The molecule has 1 aromatic rings. The zero-order valence-corrected chi connectivity index (χ0v) is 16.8. The molecule has 160 valence electrons. The summed E-state index contributed by atoms with van der Waals surface area (Å²) in [6.07, 6.45) is 9.00. The highest BCUT2D eigenvalue weighted by Crippen LogP contribution is 2.43. The Bertz CT molecular complexity index is 988. The molecule has 6 rings (SSSR count). The topological polar surface area (TPSA) is 62.6 Å². The van der Waals surface area contributed by atoms with E-state index in [1.165, 1.54) is 11.9 Å². The van der Waals surface area contributed by atoms with Gasteiger partial charge < -0.3 is 14.4 Å². The number of aromatic nitrogens is 1. The summed E-state index contributed by atoms with van der Waals surface area (Å²) in [5, 5.41) is 0. The molecule has 3 fully saturated rings. The number of rotatable bonds is 3. The number of carbonyl (C=O) groups is 2. The van der Waals surface area contributed by atoms with Crippen LogP contribution in [0.4, 0.5) is 8.78 Å². The number of allylic oxidation sites excluding steroid dienone is 2. The van der Waals surface area contributed by atoms with E-state index in [0.717, 1.165) is 42.2 Å². The maximum absolute atomic E-state index is 14.9. The van der Waals surface area contributed by atoms with Gasteiger partial charge in [0.05, 0.1) is 12.1 Å². The van der Waals surface area contributed by atoms with Crippen LogP contribution in [-0.2, 0) is 22.6 Å². The number of carbonyl (C=O) groups excluding carboxylic acids is 2. The van der Waals surface area contributed by atoms with E-state index in [-0.39, 0.29) is 36.4 Å². The molecule has 5 aliphatic rings. The summed E-state index contributed by atoms with van der Waals surface area (Å²) in [7, 11) is 1.38. The van der Waals surface area contributed by atoms with Crippen LogP contribution in [0.3, 0.4) is 0 Å². The fraction of sp³-hybridized carbons (Fsp3) is 0.591. The first-order chi connectivity index (χ1) is 14.3. The molecule has 0 radical (unpaired) electrons. The molecule has 3 aliphatic carbocycles. The fourth-order valence-corrected chi connectivity index (χ4v) is 5.70. The third-order valence-corrected chi connectivity index (χ3v) is 7.39. The zero-order valence-electron chi connectivity index (χ0n) is 16.8. The van der Waals surface area contributed by atoms with Gasteiger partial charge >= 0.3 is 5.92 Å².